The van der Waals surface area contributed by atoms with Gasteiger partial charge in [0.1, 0.15) is 0 Å². The van der Waals surface area contributed by atoms with Crippen LogP contribution in [-0.4, -0.2) is 30.6 Å². The van der Waals surface area contributed by atoms with Crippen molar-refractivity contribution in [3.63, 3.8) is 0 Å². The van der Waals surface area contributed by atoms with E-state index in [0.29, 0.717) is 13.0 Å². The van der Waals surface area contributed by atoms with Crippen LogP contribution in [-0.2, 0) is 9.53 Å². The Morgan fingerprint density at radius 3 is 2.86 bits per heavy atom. The number of unbranched alkanes of at least 4 members (excludes halogenated alkanes) is 1. The molecule has 0 fully saturated rings. The Balaban J connectivity index is 3.89. The quantitative estimate of drug-likeness (QED) is 0.337. The number of imide groups is 1. The standard InChI is InChI=1S/C9H12INO3/c1-2-3-7-14-9(13)11(8-12)6-4-5-10/h8H,2-3,6-7H2,1H3. The Hall–Kier alpha value is -0.770. The third-order valence-electron chi connectivity index (χ3n) is 1.40. The van der Waals surface area contributed by atoms with Crippen LogP contribution in [0.3, 0.4) is 0 Å². The fourth-order valence-electron chi connectivity index (χ4n) is 0.647. The number of nitrogens with zero attached hydrogens (tertiary/aromatic N) is 1. The fourth-order valence-corrected chi connectivity index (χ4v) is 0.817. The molecule has 4 nitrogen and oxygen atoms in total. The predicted molar refractivity (Wildman–Crippen MR) is 60.8 cm³/mol. The Morgan fingerprint density at radius 1 is 1.64 bits per heavy atom. The molecule has 0 N–H and O–H groups in total. The molecule has 0 aliphatic heterocycles. The van der Waals surface area contributed by atoms with Gasteiger partial charge < -0.3 is 4.74 Å². The Labute approximate surface area is 97.1 Å². The van der Waals surface area contributed by atoms with Gasteiger partial charge in [-0.15, -0.1) is 0 Å². The first kappa shape index (κ1) is 13.2. The average Bonchev–Trinajstić information content (AvgIpc) is 2.19. The highest BCUT2D eigenvalue weighted by Gasteiger charge is 2.11. The van der Waals surface area contributed by atoms with Crippen molar-refractivity contribution in [2.75, 3.05) is 13.2 Å². The minimum Gasteiger partial charge on any atom is -0.449 e. The molecule has 0 unspecified atom stereocenters. The molecule has 0 spiro atoms. The smallest absolute Gasteiger partial charge is 0.417 e. The Kier molecular flexibility index (Phi) is 8.33. The van der Waals surface area contributed by atoms with Gasteiger partial charge in [0, 0.05) is 22.6 Å². The summed E-state index contributed by atoms with van der Waals surface area (Å²) in [7, 11) is 0. The van der Waals surface area contributed by atoms with E-state index in [-0.39, 0.29) is 6.54 Å². The van der Waals surface area contributed by atoms with Crippen LogP contribution < -0.4 is 0 Å². The number of hydrogen-bond acceptors (Lipinski definition) is 3. The zero-order valence-corrected chi connectivity index (χ0v) is 10.1. The largest absolute Gasteiger partial charge is 0.449 e. The van der Waals surface area contributed by atoms with Crippen molar-refractivity contribution in [3.8, 4) is 9.85 Å². The fraction of sp³-hybridized carbons (Fsp3) is 0.556. The lowest BCUT2D eigenvalue weighted by Crippen LogP contribution is -2.30. The summed E-state index contributed by atoms with van der Waals surface area (Å²) in [6.07, 6.45) is 1.54. The summed E-state index contributed by atoms with van der Waals surface area (Å²) in [6.45, 7) is 2.42. The van der Waals surface area contributed by atoms with Crippen LogP contribution in [0, 0.1) is 9.85 Å². The summed E-state index contributed by atoms with van der Waals surface area (Å²) < 4.78 is 7.38. The summed E-state index contributed by atoms with van der Waals surface area (Å²) in [4.78, 5) is 22.5. The van der Waals surface area contributed by atoms with E-state index in [1.165, 1.54) is 0 Å². The molecule has 0 radical (unpaired) electrons. The number of rotatable bonds is 5. The molecule has 0 bridgehead atoms. The summed E-state index contributed by atoms with van der Waals surface area (Å²) in [5.41, 5.74) is 0. The van der Waals surface area contributed by atoms with Gasteiger partial charge in [0.25, 0.3) is 0 Å². The van der Waals surface area contributed by atoms with E-state index in [2.05, 4.69) is 9.85 Å². The number of carbonyl (C=O) groups excluding carboxylic acids is 2. The first-order valence-electron chi connectivity index (χ1n) is 4.23. The third kappa shape index (κ3) is 5.80. The van der Waals surface area contributed by atoms with Gasteiger partial charge in [0.2, 0.25) is 6.41 Å². The molecule has 78 valence electrons. The molecule has 5 heteroatoms. The lowest BCUT2D eigenvalue weighted by molar-refractivity contribution is -0.116. The lowest BCUT2D eigenvalue weighted by atomic mass is 10.4. The van der Waals surface area contributed by atoms with E-state index in [1.807, 2.05) is 29.5 Å². The van der Waals surface area contributed by atoms with Gasteiger partial charge in [-0.05, 0) is 10.3 Å². The van der Waals surface area contributed by atoms with E-state index >= 15 is 0 Å². The first-order chi connectivity index (χ1) is 6.76. The van der Waals surface area contributed by atoms with Gasteiger partial charge in [0.15, 0.2) is 0 Å². The maximum atomic E-state index is 11.2. The minimum atomic E-state index is -0.632. The maximum absolute atomic E-state index is 11.2. The van der Waals surface area contributed by atoms with Gasteiger partial charge in [-0.2, -0.15) is 0 Å². The SMILES string of the molecule is CCCCOC(=O)N(C=O)CC#CI. The number of halogens is 1. The number of carbonyl (C=O) groups is 2. The molecular formula is C9H12INO3. The van der Waals surface area contributed by atoms with Crippen LogP contribution in [0.25, 0.3) is 0 Å². The number of ether oxygens (including phenoxy) is 1. The maximum Gasteiger partial charge on any atom is 0.417 e. The molecule has 14 heavy (non-hydrogen) atoms. The molecule has 0 rings (SSSR count). The molecule has 0 aromatic rings. The molecule has 0 atom stereocenters. The summed E-state index contributed by atoms with van der Waals surface area (Å²) in [5, 5.41) is 0. The molecule has 0 aromatic carbocycles. The van der Waals surface area contributed by atoms with Gasteiger partial charge >= 0.3 is 6.09 Å². The Morgan fingerprint density at radius 2 is 2.36 bits per heavy atom. The molecule has 0 aromatic heterocycles. The third-order valence-corrected chi connectivity index (χ3v) is 1.78. The minimum absolute atomic E-state index is 0.0808. The summed E-state index contributed by atoms with van der Waals surface area (Å²) in [6, 6.07) is 0. The van der Waals surface area contributed by atoms with Gasteiger partial charge in [0.05, 0.1) is 13.2 Å². The second-order valence-corrected chi connectivity index (χ2v) is 3.01. The van der Waals surface area contributed by atoms with Gasteiger partial charge in [-0.3, -0.25) is 4.79 Å². The van der Waals surface area contributed by atoms with Crippen molar-refractivity contribution in [1.82, 2.24) is 4.90 Å². The van der Waals surface area contributed by atoms with E-state index in [0.717, 1.165) is 17.7 Å². The van der Waals surface area contributed by atoms with Crippen LogP contribution in [0.4, 0.5) is 4.79 Å². The normalized spacial score (nSPS) is 8.43. The van der Waals surface area contributed by atoms with Crippen LogP contribution in [0.1, 0.15) is 19.8 Å². The zero-order valence-electron chi connectivity index (χ0n) is 7.96. The average molecular weight is 309 g/mol. The Bertz CT molecular complexity index is 244. The monoisotopic (exact) mass is 309 g/mol. The second-order valence-electron chi connectivity index (χ2n) is 2.47. The number of hydrogen-bond donors (Lipinski definition) is 0. The van der Waals surface area contributed by atoms with Crippen molar-refractivity contribution in [3.05, 3.63) is 0 Å². The molecule has 2 amide bonds. The molecule has 0 saturated carbocycles. The predicted octanol–water partition coefficient (Wildman–Crippen LogP) is 1.78. The number of amides is 2. The highest BCUT2D eigenvalue weighted by atomic mass is 127. The molecule has 0 heterocycles. The van der Waals surface area contributed by atoms with Crippen molar-refractivity contribution >= 4 is 35.1 Å². The molecule has 0 aliphatic carbocycles. The van der Waals surface area contributed by atoms with Gasteiger partial charge in [-0.1, -0.05) is 19.3 Å². The van der Waals surface area contributed by atoms with E-state index < -0.39 is 6.09 Å². The molecule has 0 aliphatic rings. The van der Waals surface area contributed by atoms with Crippen LogP contribution in [0.2, 0.25) is 0 Å². The van der Waals surface area contributed by atoms with Crippen molar-refractivity contribution in [2.45, 2.75) is 19.8 Å². The van der Waals surface area contributed by atoms with E-state index in [4.69, 9.17) is 4.74 Å². The van der Waals surface area contributed by atoms with Crippen molar-refractivity contribution in [1.29, 1.82) is 0 Å². The van der Waals surface area contributed by atoms with Crippen molar-refractivity contribution in [2.24, 2.45) is 0 Å². The zero-order chi connectivity index (χ0) is 10.8. The highest BCUT2D eigenvalue weighted by molar-refractivity contribution is 14.1. The van der Waals surface area contributed by atoms with E-state index in [9.17, 15) is 9.59 Å². The van der Waals surface area contributed by atoms with Crippen LogP contribution >= 0.6 is 22.6 Å². The lowest BCUT2D eigenvalue weighted by Gasteiger charge is -2.11. The molecular weight excluding hydrogens is 297 g/mol. The first-order valence-corrected chi connectivity index (χ1v) is 5.31. The van der Waals surface area contributed by atoms with Crippen LogP contribution in [0.15, 0.2) is 0 Å². The van der Waals surface area contributed by atoms with Crippen molar-refractivity contribution < 1.29 is 14.3 Å². The van der Waals surface area contributed by atoms with Gasteiger partial charge in [-0.25, -0.2) is 9.69 Å². The molecule has 0 saturated heterocycles. The van der Waals surface area contributed by atoms with E-state index in [1.54, 1.807) is 0 Å². The second kappa shape index (κ2) is 8.81. The summed E-state index contributed by atoms with van der Waals surface area (Å²) in [5.74, 6) is 2.60. The van der Waals surface area contributed by atoms with Crippen LogP contribution in [0.5, 0.6) is 0 Å². The topological polar surface area (TPSA) is 46.6 Å². The highest BCUT2D eigenvalue weighted by Crippen LogP contribution is 1.94. The summed E-state index contributed by atoms with van der Waals surface area (Å²) >= 11 is 1.84.